The number of alkyl halides is 3. The fraction of sp³-hybridized carbons (Fsp3) is 0.312. The molecular weight excluding hydrogens is 341 g/mol. The van der Waals surface area contributed by atoms with Crippen LogP contribution >= 0.6 is 11.8 Å². The second-order valence-corrected chi connectivity index (χ2v) is 6.45. The van der Waals surface area contributed by atoms with Gasteiger partial charge in [-0.3, -0.25) is 9.59 Å². The van der Waals surface area contributed by atoms with Crippen molar-refractivity contribution in [1.82, 2.24) is 9.97 Å². The van der Waals surface area contributed by atoms with Gasteiger partial charge >= 0.3 is 6.18 Å². The average molecular weight is 354 g/mol. The minimum atomic E-state index is -4.70. The summed E-state index contributed by atoms with van der Waals surface area (Å²) in [7, 11) is 0. The number of aromatic nitrogens is 2. The maximum Gasteiger partial charge on any atom is 0.433 e. The summed E-state index contributed by atoms with van der Waals surface area (Å²) in [5.74, 6) is -0.307. The Morgan fingerprint density at radius 1 is 1.21 bits per heavy atom. The quantitative estimate of drug-likeness (QED) is 0.520. The Bertz CT molecular complexity index is 846. The number of halogens is 3. The van der Waals surface area contributed by atoms with Gasteiger partial charge in [0.2, 0.25) is 0 Å². The van der Waals surface area contributed by atoms with Crippen LogP contribution in [0, 0.1) is 0 Å². The first-order valence-electron chi connectivity index (χ1n) is 7.29. The fourth-order valence-corrected chi connectivity index (χ4v) is 3.38. The summed E-state index contributed by atoms with van der Waals surface area (Å²) in [6, 6.07) is 5.89. The first-order valence-corrected chi connectivity index (χ1v) is 8.28. The molecule has 0 saturated heterocycles. The van der Waals surface area contributed by atoms with Crippen LogP contribution in [0.2, 0.25) is 0 Å². The third-order valence-electron chi connectivity index (χ3n) is 3.77. The van der Waals surface area contributed by atoms with Gasteiger partial charge in [0.15, 0.2) is 16.6 Å². The lowest BCUT2D eigenvalue weighted by Gasteiger charge is -2.07. The van der Waals surface area contributed by atoms with Gasteiger partial charge in [-0.15, -0.1) is 0 Å². The molecule has 1 N–H and O–H groups in total. The van der Waals surface area contributed by atoms with Gasteiger partial charge < -0.3 is 4.98 Å². The number of benzene rings is 1. The van der Waals surface area contributed by atoms with E-state index in [1.807, 2.05) is 12.1 Å². The highest BCUT2D eigenvalue weighted by Crippen LogP contribution is 2.28. The first kappa shape index (κ1) is 16.8. The van der Waals surface area contributed by atoms with Gasteiger partial charge in [0, 0.05) is 11.6 Å². The van der Waals surface area contributed by atoms with Gasteiger partial charge in [-0.05, 0) is 36.5 Å². The van der Waals surface area contributed by atoms with Crippen LogP contribution in [-0.2, 0) is 19.0 Å². The second-order valence-electron chi connectivity index (χ2n) is 5.48. The molecule has 3 rings (SSSR count). The predicted octanol–water partition coefficient (Wildman–Crippen LogP) is 3.25. The fourth-order valence-electron chi connectivity index (χ4n) is 2.61. The predicted molar refractivity (Wildman–Crippen MR) is 83.4 cm³/mol. The van der Waals surface area contributed by atoms with Gasteiger partial charge in [-0.2, -0.15) is 13.2 Å². The van der Waals surface area contributed by atoms with Crippen molar-refractivity contribution >= 4 is 17.5 Å². The highest BCUT2D eigenvalue weighted by atomic mass is 32.2. The summed E-state index contributed by atoms with van der Waals surface area (Å²) in [4.78, 5) is 29.1. The second kappa shape index (κ2) is 6.43. The van der Waals surface area contributed by atoms with Gasteiger partial charge in [-0.1, -0.05) is 23.9 Å². The van der Waals surface area contributed by atoms with E-state index in [0.29, 0.717) is 11.6 Å². The average Bonchev–Trinajstić information content (AvgIpc) is 2.98. The molecule has 1 aromatic heterocycles. The third kappa shape index (κ3) is 3.69. The molecule has 0 amide bonds. The third-order valence-corrected chi connectivity index (χ3v) is 4.64. The zero-order chi connectivity index (χ0) is 17.3. The van der Waals surface area contributed by atoms with Crippen molar-refractivity contribution in [2.24, 2.45) is 0 Å². The molecule has 1 aliphatic carbocycles. The molecule has 4 nitrogen and oxygen atoms in total. The Hall–Kier alpha value is -2.09. The number of thioether (sulfide) groups is 1. The molecule has 0 spiro atoms. The number of nitrogens with one attached hydrogen (secondary N) is 1. The van der Waals surface area contributed by atoms with Gasteiger partial charge in [0.05, 0.1) is 5.75 Å². The van der Waals surface area contributed by atoms with E-state index < -0.39 is 17.4 Å². The maximum absolute atomic E-state index is 12.6. The number of hydrogen-bond donors (Lipinski definition) is 1. The van der Waals surface area contributed by atoms with Gasteiger partial charge in [0.25, 0.3) is 5.56 Å². The number of H-pyrrole nitrogens is 1. The summed E-state index contributed by atoms with van der Waals surface area (Å²) < 4.78 is 37.9. The Kier molecular flexibility index (Phi) is 4.49. The van der Waals surface area contributed by atoms with E-state index in [1.165, 1.54) is 5.56 Å². The number of aryl methyl sites for hydroxylation is 2. The van der Waals surface area contributed by atoms with Crippen LogP contribution in [0.5, 0.6) is 0 Å². The lowest BCUT2D eigenvalue weighted by molar-refractivity contribution is -0.141. The molecule has 1 aromatic carbocycles. The van der Waals surface area contributed by atoms with Crippen molar-refractivity contribution < 1.29 is 18.0 Å². The normalized spacial score (nSPS) is 13.8. The number of hydrogen-bond acceptors (Lipinski definition) is 4. The van der Waals surface area contributed by atoms with E-state index in [4.69, 9.17) is 0 Å². The largest absolute Gasteiger partial charge is 0.433 e. The number of ketones is 1. The topological polar surface area (TPSA) is 62.8 Å². The molecule has 1 heterocycles. The molecule has 0 unspecified atom stereocenters. The minimum Gasteiger partial charge on any atom is -0.301 e. The number of Topliss-reactive ketones (excluding diaryl/α,β-unsaturated/α-hetero) is 1. The molecule has 0 fully saturated rings. The van der Waals surface area contributed by atoms with Crippen molar-refractivity contribution in [3.8, 4) is 0 Å². The molecule has 0 radical (unpaired) electrons. The monoisotopic (exact) mass is 354 g/mol. The molecule has 0 atom stereocenters. The lowest BCUT2D eigenvalue weighted by Crippen LogP contribution is -2.17. The molecule has 126 valence electrons. The van der Waals surface area contributed by atoms with Crippen LogP contribution in [0.3, 0.4) is 0 Å². The van der Waals surface area contributed by atoms with Crippen molar-refractivity contribution in [2.75, 3.05) is 5.75 Å². The number of carbonyl (C=O) groups excluding carboxylic acids is 1. The molecule has 1 aliphatic rings. The highest BCUT2D eigenvalue weighted by Gasteiger charge is 2.33. The lowest BCUT2D eigenvalue weighted by atomic mass is 10.0. The smallest absolute Gasteiger partial charge is 0.301 e. The Labute approximate surface area is 139 Å². The summed E-state index contributed by atoms with van der Waals surface area (Å²) in [6.07, 6.45) is -1.69. The van der Waals surface area contributed by atoms with E-state index in [0.717, 1.165) is 36.6 Å². The standard InChI is InChI=1S/C16H13F3N2O2S/c17-16(18,19)13-7-14(23)21-15(20-13)24-8-12(22)11-5-4-9-2-1-3-10(9)6-11/h4-7H,1-3,8H2,(H,20,21,23). The Balaban J connectivity index is 1.73. The van der Waals surface area contributed by atoms with Gasteiger partial charge in [0.1, 0.15) is 0 Å². The zero-order valence-corrected chi connectivity index (χ0v) is 13.3. The minimum absolute atomic E-state index is 0.0942. The van der Waals surface area contributed by atoms with Crippen molar-refractivity contribution in [1.29, 1.82) is 0 Å². The van der Waals surface area contributed by atoms with Crippen molar-refractivity contribution in [3.05, 3.63) is 57.0 Å². The van der Waals surface area contributed by atoms with Crippen LogP contribution in [0.25, 0.3) is 0 Å². The van der Waals surface area contributed by atoms with E-state index in [1.54, 1.807) is 6.07 Å². The van der Waals surface area contributed by atoms with Crippen LogP contribution in [0.4, 0.5) is 13.2 Å². The number of fused-ring (bicyclic) bond motifs is 1. The summed E-state index contributed by atoms with van der Waals surface area (Å²) in [5.41, 5.74) is 0.750. The van der Waals surface area contributed by atoms with Crippen LogP contribution in [0.1, 0.15) is 33.6 Å². The number of carbonyl (C=O) groups is 1. The zero-order valence-electron chi connectivity index (χ0n) is 12.4. The maximum atomic E-state index is 12.6. The number of nitrogens with zero attached hydrogens (tertiary/aromatic N) is 1. The van der Waals surface area contributed by atoms with Gasteiger partial charge in [-0.25, -0.2) is 4.98 Å². The van der Waals surface area contributed by atoms with E-state index >= 15 is 0 Å². The van der Waals surface area contributed by atoms with Crippen LogP contribution in [0.15, 0.2) is 34.2 Å². The molecule has 0 saturated carbocycles. The molecule has 2 aromatic rings. The van der Waals surface area contributed by atoms with Crippen molar-refractivity contribution in [2.45, 2.75) is 30.6 Å². The molecule has 0 aliphatic heterocycles. The Morgan fingerprint density at radius 3 is 2.71 bits per heavy atom. The van der Waals surface area contributed by atoms with Crippen molar-refractivity contribution in [3.63, 3.8) is 0 Å². The van der Waals surface area contributed by atoms with Crippen LogP contribution in [-0.4, -0.2) is 21.5 Å². The van der Waals surface area contributed by atoms with E-state index in [9.17, 15) is 22.8 Å². The Morgan fingerprint density at radius 2 is 1.96 bits per heavy atom. The molecule has 24 heavy (non-hydrogen) atoms. The van der Waals surface area contributed by atoms with E-state index in [2.05, 4.69) is 9.97 Å². The number of rotatable bonds is 4. The SMILES string of the molecule is O=C(CSc1nc(C(F)(F)F)cc(=O)[nH]1)c1ccc2c(c1)CCC2. The summed E-state index contributed by atoms with van der Waals surface area (Å²) >= 11 is 0.785. The summed E-state index contributed by atoms with van der Waals surface area (Å²) in [6.45, 7) is 0. The number of aromatic amines is 1. The molecular formula is C16H13F3N2O2S. The summed E-state index contributed by atoms with van der Waals surface area (Å²) in [5, 5.41) is -0.218. The van der Waals surface area contributed by atoms with E-state index in [-0.39, 0.29) is 16.7 Å². The highest BCUT2D eigenvalue weighted by molar-refractivity contribution is 7.99. The first-order chi connectivity index (χ1) is 11.3. The van der Waals surface area contributed by atoms with Crippen LogP contribution < -0.4 is 5.56 Å². The molecule has 0 bridgehead atoms. The molecule has 8 heteroatoms.